The van der Waals surface area contributed by atoms with Crippen LogP contribution in [0.5, 0.6) is 0 Å². The Bertz CT molecular complexity index is 274. The quantitative estimate of drug-likeness (QED) is 0.415. The van der Waals surface area contributed by atoms with Gasteiger partial charge in [0.2, 0.25) is 0 Å². The molecule has 0 aliphatic heterocycles. The minimum absolute atomic E-state index is 7.40. The van der Waals surface area contributed by atoms with Crippen LogP contribution in [0.1, 0.15) is 0 Å². The summed E-state index contributed by atoms with van der Waals surface area (Å²) in [4.78, 5) is 0. The molecule has 0 aliphatic carbocycles. The van der Waals surface area contributed by atoms with E-state index in [-0.39, 0.29) is 0 Å². The van der Waals surface area contributed by atoms with Gasteiger partial charge in [0.05, 0.1) is 0 Å². The monoisotopic (exact) mass is 136 g/mol. The first-order valence-electron chi connectivity index (χ1n) is 0.722. The standard InChI is InChI=1S/Fe.5O. The van der Waals surface area contributed by atoms with Crippen LogP contribution in [-0.2, 0) is 30.6 Å². The van der Waals surface area contributed by atoms with Gasteiger partial charge in [-0.3, -0.25) is 0 Å². The molecule has 0 unspecified atom stereocenters. The Morgan fingerprint density at radius 2 is 0.667 bits per heavy atom. The number of rotatable bonds is 0. The van der Waals surface area contributed by atoms with Crippen molar-refractivity contribution in [3.8, 4) is 0 Å². The van der Waals surface area contributed by atoms with Gasteiger partial charge in [-0.2, -0.15) is 0 Å². The zero-order chi connectivity index (χ0) is 5.45. The third-order valence-electron chi connectivity index (χ3n) is 0. The molecule has 0 saturated carbocycles. The maximum atomic E-state index is 8.60. The van der Waals surface area contributed by atoms with Gasteiger partial charge in [-0.1, -0.05) is 0 Å². The summed E-state index contributed by atoms with van der Waals surface area (Å²) in [6.07, 6.45) is 0. The first kappa shape index (κ1) is 5.52. The van der Waals surface area contributed by atoms with E-state index < -0.39 is 11.4 Å². The zero-order valence-corrected chi connectivity index (χ0v) is 3.50. The predicted molar refractivity (Wildman–Crippen MR) is 3.43 cm³/mol. The summed E-state index contributed by atoms with van der Waals surface area (Å²) in [5.41, 5.74) is 0. The van der Waals surface area contributed by atoms with Crippen molar-refractivity contribution in [1.82, 2.24) is 0 Å². The van der Waals surface area contributed by atoms with Gasteiger partial charge >= 0.3 is 30.6 Å². The van der Waals surface area contributed by atoms with Crippen LogP contribution in [-0.4, -0.2) is 0 Å². The summed E-state index contributed by atoms with van der Waals surface area (Å²) < 4.78 is 43.0. The van der Waals surface area contributed by atoms with E-state index in [0.717, 1.165) is 0 Å². The van der Waals surface area contributed by atoms with Crippen molar-refractivity contribution in [3.05, 3.63) is 0 Å². The summed E-state index contributed by atoms with van der Waals surface area (Å²) in [7, 11) is 0. The maximum absolute atomic E-state index is 8.60. The Morgan fingerprint density at radius 1 is 0.667 bits per heavy atom. The third-order valence-corrected chi connectivity index (χ3v) is 0. The van der Waals surface area contributed by atoms with Crippen molar-refractivity contribution in [1.29, 1.82) is 0 Å². The van der Waals surface area contributed by atoms with Crippen LogP contribution in [0.3, 0.4) is 0 Å². The molecule has 38 valence electrons. The summed E-state index contributed by atoms with van der Waals surface area (Å²) in [5.74, 6) is 0. The summed E-state index contributed by atoms with van der Waals surface area (Å²) in [6.45, 7) is 0. The van der Waals surface area contributed by atoms with Gasteiger partial charge in [0.1, 0.15) is 0 Å². The molecule has 6 heavy (non-hydrogen) atoms. The van der Waals surface area contributed by atoms with Gasteiger partial charge in [-0.25, -0.2) is 0 Å². The molecule has 0 aromatic carbocycles. The molecule has 0 radical (unpaired) electrons. The second-order valence-electron chi connectivity index (χ2n) is 0.589. The van der Waals surface area contributed by atoms with Crippen LogP contribution in [0.15, 0.2) is 0 Å². The van der Waals surface area contributed by atoms with E-state index in [1.54, 1.807) is 0 Å². The van der Waals surface area contributed by atoms with E-state index in [1.165, 1.54) is 0 Å². The van der Waals surface area contributed by atoms with Crippen LogP contribution in [0.4, 0.5) is 0 Å². The average molecular weight is 136 g/mol. The fourth-order valence-corrected chi connectivity index (χ4v) is 0. The van der Waals surface area contributed by atoms with Crippen LogP contribution >= 0.6 is 0 Å². The van der Waals surface area contributed by atoms with Gasteiger partial charge < -0.3 is 0 Å². The molecule has 0 N–H and O–H groups in total. The Hall–Kier alpha value is -0.481. The minimum atomic E-state index is -7.40. The normalized spacial score (nSPS) is 14.2. The molecule has 0 fully saturated rings. The predicted octanol–water partition coefficient (Wildman–Crippen LogP) is -0.597. The Labute approximate surface area is 31.5 Å². The molecular formula is FeO5. The van der Waals surface area contributed by atoms with Crippen molar-refractivity contribution < 1.29 is 30.6 Å². The topological polar surface area (TPSA) is 85.3 Å². The van der Waals surface area contributed by atoms with E-state index in [1.807, 2.05) is 0 Å². The van der Waals surface area contributed by atoms with Gasteiger partial charge in [-0.15, -0.1) is 0 Å². The summed E-state index contributed by atoms with van der Waals surface area (Å²) in [5, 5.41) is 0. The van der Waals surface area contributed by atoms with Crippen LogP contribution in [0.2, 0.25) is 0 Å². The SMILES string of the molecule is [O]=[Fe](=[O])(=[O])(=[O])=[O]. The van der Waals surface area contributed by atoms with E-state index in [9.17, 15) is 0 Å². The van der Waals surface area contributed by atoms with Crippen molar-refractivity contribution >= 4 is 0 Å². The Morgan fingerprint density at radius 3 is 0.667 bits per heavy atom. The van der Waals surface area contributed by atoms with Gasteiger partial charge in [0, 0.05) is 0 Å². The first-order chi connectivity index (χ1) is 2.24. The van der Waals surface area contributed by atoms with Crippen LogP contribution < -0.4 is 0 Å². The second-order valence-corrected chi connectivity index (χ2v) is 2.43. The first-order valence-corrected chi connectivity index (χ1v) is 2.98. The molecule has 0 aromatic rings. The molecule has 0 heterocycles. The molecule has 5 nitrogen and oxygen atoms in total. The van der Waals surface area contributed by atoms with Crippen LogP contribution in [0.25, 0.3) is 0 Å². The average Bonchev–Trinajstić information content (AvgIpc) is 0.650. The van der Waals surface area contributed by atoms with Gasteiger partial charge in [-0.05, 0) is 0 Å². The van der Waals surface area contributed by atoms with Crippen molar-refractivity contribution in [2.45, 2.75) is 0 Å². The van der Waals surface area contributed by atoms with Crippen molar-refractivity contribution in [3.63, 3.8) is 0 Å². The second kappa shape index (κ2) is 0.618. The fourth-order valence-electron chi connectivity index (χ4n) is 0. The summed E-state index contributed by atoms with van der Waals surface area (Å²) in [6, 6.07) is 0. The van der Waals surface area contributed by atoms with Crippen molar-refractivity contribution in [2.24, 2.45) is 0 Å². The molecule has 0 atom stereocenters. The third kappa shape index (κ3) is 96.8. The van der Waals surface area contributed by atoms with Crippen molar-refractivity contribution in [2.75, 3.05) is 0 Å². The van der Waals surface area contributed by atoms with E-state index in [4.69, 9.17) is 19.2 Å². The molecule has 0 bridgehead atoms. The van der Waals surface area contributed by atoms with Gasteiger partial charge in [0.15, 0.2) is 0 Å². The molecule has 0 saturated heterocycles. The Balaban J connectivity index is 7.45. The molecule has 0 amide bonds. The number of hydrogen-bond acceptors (Lipinski definition) is 5. The summed E-state index contributed by atoms with van der Waals surface area (Å²) >= 11 is -7.40. The molecule has 0 aliphatic rings. The molecule has 0 spiro atoms. The van der Waals surface area contributed by atoms with E-state index >= 15 is 0 Å². The van der Waals surface area contributed by atoms with Gasteiger partial charge in [0.25, 0.3) is 0 Å². The van der Waals surface area contributed by atoms with E-state index in [0.29, 0.717) is 0 Å². The molecule has 6 heteroatoms. The molecule has 0 aromatic heterocycles. The zero-order valence-electron chi connectivity index (χ0n) is 2.39. The molecule has 0 rings (SSSR count). The molecular weight excluding hydrogens is 136 g/mol. The fraction of sp³-hybridized carbons (Fsp3) is 0. The van der Waals surface area contributed by atoms with Crippen LogP contribution in [0, 0.1) is 0 Å². The Kier molecular flexibility index (Phi) is 0.568. The van der Waals surface area contributed by atoms with E-state index in [2.05, 4.69) is 0 Å². The number of hydrogen-bond donors (Lipinski definition) is 0.